The lowest BCUT2D eigenvalue weighted by Gasteiger charge is -2.16. The van der Waals surface area contributed by atoms with Gasteiger partial charge in [0.25, 0.3) is 5.91 Å². The summed E-state index contributed by atoms with van der Waals surface area (Å²) >= 11 is 0. The maximum absolute atomic E-state index is 13.6. The third-order valence-electron chi connectivity index (χ3n) is 4.31. The highest BCUT2D eigenvalue weighted by Crippen LogP contribution is 2.11. The average molecular weight is 383 g/mol. The lowest BCUT2D eigenvalue weighted by atomic mass is 10.1. The van der Waals surface area contributed by atoms with Crippen molar-refractivity contribution in [2.75, 3.05) is 7.11 Å². The molecule has 1 N–H and O–H groups in total. The lowest BCUT2D eigenvalue weighted by molar-refractivity contribution is -0.142. The van der Waals surface area contributed by atoms with Crippen LogP contribution >= 0.6 is 0 Å². The van der Waals surface area contributed by atoms with Gasteiger partial charge in [-0.3, -0.25) is 14.3 Å². The van der Waals surface area contributed by atoms with E-state index in [4.69, 9.17) is 4.74 Å². The molecule has 1 unspecified atom stereocenters. The Balaban J connectivity index is 1.94. The number of aryl methyl sites for hydroxylation is 1. The summed E-state index contributed by atoms with van der Waals surface area (Å²) in [6, 6.07) is 11.7. The van der Waals surface area contributed by atoms with Crippen molar-refractivity contribution in [2.45, 2.75) is 12.5 Å². The number of fused-ring (bicyclic) bond motifs is 1. The van der Waals surface area contributed by atoms with Crippen LogP contribution in [0.4, 0.5) is 4.39 Å². The maximum atomic E-state index is 13.6. The van der Waals surface area contributed by atoms with Gasteiger partial charge < -0.3 is 10.1 Å². The van der Waals surface area contributed by atoms with Gasteiger partial charge in [0, 0.05) is 13.5 Å². The van der Waals surface area contributed by atoms with Gasteiger partial charge in [-0.05, 0) is 23.8 Å². The first kappa shape index (κ1) is 19.2. The zero-order valence-corrected chi connectivity index (χ0v) is 15.3. The standard InChI is InChI=1S/C20H18FN3O4/c1-24-16-9-8-13(21)11-14(16)18(25)17(23-24)19(26)22-15(20(27)28-2)10-12-6-4-3-5-7-12/h3-9,11,15H,10H2,1-2H3,(H,22,26). The summed E-state index contributed by atoms with van der Waals surface area (Å²) in [6.07, 6.45) is 0.182. The highest BCUT2D eigenvalue weighted by Gasteiger charge is 2.25. The molecule has 1 amide bonds. The van der Waals surface area contributed by atoms with E-state index in [1.165, 1.54) is 31.0 Å². The van der Waals surface area contributed by atoms with Crippen molar-refractivity contribution in [1.29, 1.82) is 0 Å². The Morgan fingerprint density at radius 1 is 1.21 bits per heavy atom. The summed E-state index contributed by atoms with van der Waals surface area (Å²) in [5.41, 5.74) is 0.0485. The molecule has 0 aliphatic carbocycles. The first-order valence-corrected chi connectivity index (χ1v) is 8.50. The van der Waals surface area contributed by atoms with Crippen LogP contribution in [0.5, 0.6) is 0 Å². The number of hydrogen-bond acceptors (Lipinski definition) is 5. The van der Waals surface area contributed by atoms with E-state index in [1.54, 1.807) is 24.3 Å². The average Bonchev–Trinajstić information content (AvgIpc) is 2.70. The Bertz CT molecular complexity index is 1100. The second kappa shape index (κ2) is 7.99. The number of hydrogen-bond donors (Lipinski definition) is 1. The van der Waals surface area contributed by atoms with E-state index >= 15 is 0 Å². The molecular formula is C20H18FN3O4. The molecule has 0 bridgehead atoms. The summed E-state index contributed by atoms with van der Waals surface area (Å²) in [5.74, 6) is -2.09. The van der Waals surface area contributed by atoms with Crippen LogP contribution in [0.1, 0.15) is 16.1 Å². The van der Waals surface area contributed by atoms with E-state index in [0.29, 0.717) is 5.52 Å². The van der Waals surface area contributed by atoms with Gasteiger partial charge in [0.05, 0.1) is 18.0 Å². The quantitative estimate of drug-likeness (QED) is 0.676. The number of halogens is 1. The third-order valence-corrected chi connectivity index (χ3v) is 4.31. The fraction of sp³-hybridized carbons (Fsp3) is 0.200. The van der Waals surface area contributed by atoms with Crippen LogP contribution in [-0.2, 0) is 23.0 Å². The number of benzene rings is 2. The zero-order chi connectivity index (χ0) is 20.3. The highest BCUT2D eigenvalue weighted by atomic mass is 19.1. The van der Waals surface area contributed by atoms with Crippen molar-refractivity contribution in [3.8, 4) is 0 Å². The lowest BCUT2D eigenvalue weighted by Crippen LogP contribution is -2.45. The molecule has 7 nitrogen and oxygen atoms in total. The molecule has 0 saturated carbocycles. The van der Waals surface area contributed by atoms with Crippen LogP contribution in [0, 0.1) is 5.82 Å². The molecular weight excluding hydrogens is 365 g/mol. The molecule has 0 radical (unpaired) electrons. The van der Waals surface area contributed by atoms with E-state index in [1.807, 2.05) is 6.07 Å². The van der Waals surface area contributed by atoms with Crippen LogP contribution in [0.2, 0.25) is 0 Å². The fourth-order valence-electron chi connectivity index (χ4n) is 2.91. The second-order valence-electron chi connectivity index (χ2n) is 6.20. The van der Waals surface area contributed by atoms with Crippen LogP contribution < -0.4 is 10.7 Å². The number of methoxy groups -OCH3 is 1. The fourth-order valence-corrected chi connectivity index (χ4v) is 2.91. The number of ether oxygens (including phenoxy) is 1. The summed E-state index contributed by atoms with van der Waals surface area (Å²) in [7, 11) is 2.75. The van der Waals surface area contributed by atoms with Crippen molar-refractivity contribution in [3.05, 3.63) is 75.8 Å². The molecule has 28 heavy (non-hydrogen) atoms. The van der Waals surface area contributed by atoms with Gasteiger partial charge in [0.1, 0.15) is 11.9 Å². The molecule has 1 aromatic heterocycles. The third kappa shape index (κ3) is 3.90. The predicted octanol–water partition coefficient (Wildman–Crippen LogP) is 1.59. The first-order valence-electron chi connectivity index (χ1n) is 8.50. The van der Waals surface area contributed by atoms with Crippen molar-refractivity contribution in [2.24, 2.45) is 7.05 Å². The SMILES string of the molecule is COC(=O)C(Cc1ccccc1)NC(=O)c1nn(C)c2ccc(F)cc2c1=O. The molecule has 3 aromatic rings. The summed E-state index contributed by atoms with van der Waals surface area (Å²) < 4.78 is 19.6. The number of nitrogens with zero attached hydrogens (tertiary/aromatic N) is 2. The molecule has 0 spiro atoms. The summed E-state index contributed by atoms with van der Waals surface area (Å²) in [5, 5.41) is 6.52. The molecule has 0 aliphatic rings. The van der Waals surface area contributed by atoms with Gasteiger partial charge in [0.15, 0.2) is 5.69 Å². The minimum Gasteiger partial charge on any atom is -0.467 e. The van der Waals surface area contributed by atoms with E-state index in [0.717, 1.165) is 11.6 Å². The van der Waals surface area contributed by atoms with Crippen molar-refractivity contribution >= 4 is 22.8 Å². The van der Waals surface area contributed by atoms with Crippen molar-refractivity contribution in [1.82, 2.24) is 15.1 Å². The number of carbonyl (C=O) groups is 2. The summed E-state index contributed by atoms with van der Waals surface area (Å²) in [6.45, 7) is 0. The summed E-state index contributed by atoms with van der Waals surface area (Å²) in [4.78, 5) is 37.4. The van der Waals surface area contributed by atoms with Crippen LogP contribution in [-0.4, -0.2) is 34.8 Å². The normalized spacial score (nSPS) is 11.8. The van der Waals surface area contributed by atoms with Gasteiger partial charge in [-0.15, -0.1) is 0 Å². The second-order valence-corrected chi connectivity index (χ2v) is 6.20. The number of rotatable bonds is 5. The smallest absolute Gasteiger partial charge is 0.328 e. The number of nitrogens with one attached hydrogen (secondary N) is 1. The molecule has 0 saturated heterocycles. The number of carbonyl (C=O) groups excluding carboxylic acids is 2. The topological polar surface area (TPSA) is 90.3 Å². The van der Waals surface area contributed by atoms with Gasteiger partial charge >= 0.3 is 5.97 Å². The Morgan fingerprint density at radius 2 is 1.93 bits per heavy atom. The maximum Gasteiger partial charge on any atom is 0.328 e. The highest BCUT2D eigenvalue weighted by molar-refractivity contribution is 5.97. The van der Waals surface area contributed by atoms with Gasteiger partial charge in [-0.25, -0.2) is 9.18 Å². The number of esters is 1. The molecule has 1 atom stereocenters. The largest absolute Gasteiger partial charge is 0.467 e. The van der Waals surface area contributed by atoms with Gasteiger partial charge in [-0.1, -0.05) is 30.3 Å². The minimum atomic E-state index is -1.00. The Morgan fingerprint density at radius 3 is 2.61 bits per heavy atom. The molecule has 144 valence electrons. The monoisotopic (exact) mass is 383 g/mol. The van der Waals surface area contributed by atoms with Crippen LogP contribution in [0.25, 0.3) is 10.9 Å². The predicted molar refractivity (Wildman–Crippen MR) is 100 cm³/mol. The molecule has 2 aromatic carbocycles. The van der Waals surface area contributed by atoms with E-state index < -0.39 is 34.9 Å². The molecule has 1 heterocycles. The Labute approximate surface area is 159 Å². The van der Waals surface area contributed by atoms with Gasteiger partial charge in [0.2, 0.25) is 5.43 Å². The van der Waals surface area contributed by atoms with E-state index in [9.17, 15) is 18.8 Å². The van der Waals surface area contributed by atoms with Crippen LogP contribution in [0.15, 0.2) is 53.3 Å². The first-order chi connectivity index (χ1) is 13.4. The number of amides is 1. The van der Waals surface area contributed by atoms with E-state index in [-0.39, 0.29) is 11.8 Å². The van der Waals surface area contributed by atoms with Crippen molar-refractivity contribution in [3.63, 3.8) is 0 Å². The van der Waals surface area contributed by atoms with E-state index in [2.05, 4.69) is 10.4 Å². The molecule has 0 fully saturated rings. The Hall–Kier alpha value is -3.55. The van der Waals surface area contributed by atoms with Gasteiger partial charge in [-0.2, -0.15) is 5.10 Å². The Kier molecular flexibility index (Phi) is 5.49. The minimum absolute atomic E-state index is 0.0281. The molecule has 3 rings (SSSR count). The molecule has 0 aliphatic heterocycles. The number of aromatic nitrogens is 2. The zero-order valence-electron chi connectivity index (χ0n) is 15.3. The van der Waals surface area contributed by atoms with Crippen LogP contribution in [0.3, 0.4) is 0 Å². The molecule has 8 heteroatoms. The van der Waals surface area contributed by atoms with Crippen molar-refractivity contribution < 1.29 is 18.7 Å².